The van der Waals surface area contributed by atoms with E-state index in [4.69, 9.17) is 20.5 Å². The average molecular weight is 291 g/mol. The molecule has 0 fully saturated rings. The Hall–Kier alpha value is -0.990. The molecular formula is C12H16ClO4P. The molecule has 1 rings (SSSR count). The SMILES string of the molecule is CC(C)OC(=O)CCc1ccccc1O[PH](=O)Cl. The molecular weight excluding hydrogens is 275 g/mol. The third-order valence-electron chi connectivity index (χ3n) is 2.13. The van der Waals surface area contributed by atoms with Gasteiger partial charge in [-0.2, -0.15) is 0 Å². The number of halogens is 1. The molecule has 1 aromatic rings. The van der Waals surface area contributed by atoms with Gasteiger partial charge in [0, 0.05) is 6.42 Å². The zero-order valence-corrected chi connectivity index (χ0v) is 12.1. The summed E-state index contributed by atoms with van der Waals surface area (Å²) in [4.78, 5) is 11.4. The van der Waals surface area contributed by atoms with Crippen molar-refractivity contribution in [3.8, 4) is 5.75 Å². The Labute approximate surface area is 112 Å². The minimum Gasteiger partial charge on any atom is -0.463 e. The monoisotopic (exact) mass is 290 g/mol. The van der Waals surface area contributed by atoms with Gasteiger partial charge in [0.25, 0.3) is 0 Å². The van der Waals surface area contributed by atoms with E-state index in [1.807, 2.05) is 6.07 Å². The van der Waals surface area contributed by atoms with E-state index < -0.39 is 7.38 Å². The number of esters is 1. The number of carbonyl (C=O) groups excluding carboxylic acids is 1. The van der Waals surface area contributed by atoms with Gasteiger partial charge in [-0.3, -0.25) is 9.36 Å². The van der Waals surface area contributed by atoms with Gasteiger partial charge >= 0.3 is 13.3 Å². The van der Waals surface area contributed by atoms with Crippen molar-refractivity contribution in [1.82, 2.24) is 0 Å². The van der Waals surface area contributed by atoms with Gasteiger partial charge in [0.1, 0.15) is 5.75 Å². The first-order chi connectivity index (χ1) is 8.49. The third-order valence-corrected chi connectivity index (χ3v) is 2.74. The molecule has 4 nitrogen and oxygen atoms in total. The first-order valence-corrected chi connectivity index (χ1v) is 7.96. The van der Waals surface area contributed by atoms with Crippen molar-refractivity contribution in [2.45, 2.75) is 32.8 Å². The number of hydrogen-bond donors (Lipinski definition) is 0. The van der Waals surface area contributed by atoms with Crippen LogP contribution >= 0.6 is 18.6 Å². The van der Waals surface area contributed by atoms with Crippen molar-refractivity contribution in [1.29, 1.82) is 0 Å². The van der Waals surface area contributed by atoms with Crippen molar-refractivity contribution in [2.75, 3.05) is 0 Å². The predicted molar refractivity (Wildman–Crippen MR) is 71.5 cm³/mol. The van der Waals surface area contributed by atoms with Gasteiger partial charge in [0.15, 0.2) is 0 Å². The molecule has 0 bridgehead atoms. The van der Waals surface area contributed by atoms with Crippen LogP contribution in [-0.4, -0.2) is 12.1 Å². The Morgan fingerprint density at radius 1 is 1.39 bits per heavy atom. The summed E-state index contributed by atoms with van der Waals surface area (Å²) in [5.74, 6) is 0.187. The van der Waals surface area contributed by atoms with Crippen LogP contribution in [0.5, 0.6) is 5.75 Å². The van der Waals surface area contributed by atoms with E-state index in [9.17, 15) is 9.36 Å². The van der Waals surface area contributed by atoms with Crippen LogP contribution in [-0.2, 0) is 20.5 Å². The van der Waals surface area contributed by atoms with Crippen molar-refractivity contribution >= 4 is 24.6 Å². The molecule has 0 saturated heterocycles. The van der Waals surface area contributed by atoms with E-state index in [2.05, 4.69) is 0 Å². The minimum atomic E-state index is -2.56. The Morgan fingerprint density at radius 2 is 2.06 bits per heavy atom. The van der Waals surface area contributed by atoms with Crippen molar-refractivity contribution in [2.24, 2.45) is 0 Å². The molecule has 0 aliphatic carbocycles. The maximum Gasteiger partial charge on any atom is 0.325 e. The Morgan fingerprint density at radius 3 is 2.67 bits per heavy atom. The van der Waals surface area contributed by atoms with E-state index >= 15 is 0 Å². The quantitative estimate of drug-likeness (QED) is 0.593. The summed E-state index contributed by atoms with van der Waals surface area (Å²) in [7, 11) is -2.56. The average Bonchev–Trinajstić information content (AvgIpc) is 2.26. The van der Waals surface area contributed by atoms with Crippen LogP contribution in [0.15, 0.2) is 24.3 Å². The second-order valence-corrected chi connectivity index (χ2v) is 5.59. The maximum absolute atomic E-state index is 11.4. The van der Waals surface area contributed by atoms with E-state index in [0.29, 0.717) is 12.2 Å². The fourth-order valence-electron chi connectivity index (χ4n) is 1.45. The summed E-state index contributed by atoms with van der Waals surface area (Å²) < 4.78 is 20.9. The first-order valence-electron chi connectivity index (χ1n) is 5.63. The highest BCUT2D eigenvalue weighted by Crippen LogP contribution is 2.33. The minimum absolute atomic E-state index is 0.122. The molecule has 0 radical (unpaired) electrons. The zero-order valence-electron chi connectivity index (χ0n) is 10.3. The Kier molecular flexibility index (Phi) is 6.23. The zero-order chi connectivity index (χ0) is 13.5. The van der Waals surface area contributed by atoms with Gasteiger partial charge < -0.3 is 9.26 Å². The van der Waals surface area contributed by atoms with Gasteiger partial charge in [-0.25, -0.2) is 0 Å². The van der Waals surface area contributed by atoms with Crippen molar-refractivity contribution in [3.63, 3.8) is 0 Å². The molecule has 6 heteroatoms. The standard InChI is InChI=1S/C12H16ClO4P/c1-9(2)16-12(14)8-7-10-5-3-4-6-11(10)17-18(13)15/h3-6,9,18H,7-8H2,1-2H3. The lowest BCUT2D eigenvalue weighted by Gasteiger charge is -2.10. The van der Waals surface area contributed by atoms with E-state index in [-0.39, 0.29) is 18.5 Å². The summed E-state index contributed by atoms with van der Waals surface area (Å²) >= 11 is 5.35. The fourth-order valence-corrected chi connectivity index (χ4v) is 2.08. The molecule has 0 aromatic heterocycles. The molecule has 1 atom stereocenters. The lowest BCUT2D eigenvalue weighted by molar-refractivity contribution is -0.147. The lowest BCUT2D eigenvalue weighted by Crippen LogP contribution is -2.12. The number of ether oxygens (including phenoxy) is 1. The van der Waals surface area contributed by atoms with Crippen molar-refractivity contribution < 1.29 is 18.6 Å². The lowest BCUT2D eigenvalue weighted by atomic mass is 10.1. The van der Waals surface area contributed by atoms with Crippen LogP contribution in [0.25, 0.3) is 0 Å². The summed E-state index contributed by atoms with van der Waals surface area (Å²) in [5.41, 5.74) is 0.789. The smallest absolute Gasteiger partial charge is 0.325 e. The van der Waals surface area contributed by atoms with E-state index in [1.165, 1.54) is 0 Å². The molecule has 0 amide bonds. The molecule has 1 unspecified atom stereocenters. The van der Waals surface area contributed by atoms with Gasteiger partial charge in [-0.1, -0.05) is 18.2 Å². The van der Waals surface area contributed by atoms with Gasteiger partial charge in [0.05, 0.1) is 6.10 Å². The number of hydrogen-bond acceptors (Lipinski definition) is 4. The molecule has 18 heavy (non-hydrogen) atoms. The van der Waals surface area contributed by atoms with Gasteiger partial charge in [-0.05, 0) is 43.1 Å². The second-order valence-electron chi connectivity index (χ2n) is 3.99. The largest absolute Gasteiger partial charge is 0.463 e. The predicted octanol–water partition coefficient (Wildman–Crippen LogP) is 3.58. The van der Waals surface area contributed by atoms with Crippen molar-refractivity contribution in [3.05, 3.63) is 29.8 Å². The summed E-state index contributed by atoms with van der Waals surface area (Å²) in [5, 5.41) is 0. The van der Waals surface area contributed by atoms with Crippen LogP contribution in [0.2, 0.25) is 0 Å². The molecule has 0 spiro atoms. The van der Waals surface area contributed by atoms with Crippen LogP contribution in [0, 0.1) is 0 Å². The highest BCUT2D eigenvalue weighted by molar-refractivity contribution is 7.70. The Balaban J connectivity index is 2.61. The van der Waals surface area contributed by atoms with Crippen LogP contribution in [0.3, 0.4) is 0 Å². The number of aryl methyl sites for hydroxylation is 1. The molecule has 0 saturated carbocycles. The van der Waals surface area contributed by atoms with E-state index in [0.717, 1.165) is 5.56 Å². The van der Waals surface area contributed by atoms with Crippen LogP contribution in [0.1, 0.15) is 25.8 Å². The van der Waals surface area contributed by atoms with Crippen LogP contribution in [0.4, 0.5) is 0 Å². The number of benzene rings is 1. The highest BCUT2D eigenvalue weighted by Gasteiger charge is 2.09. The summed E-state index contributed by atoms with van der Waals surface area (Å²) in [6, 6.07) is 7.06. The molecule has 0 heterocycles. The molecule has 0 aliphatic heterocycles. The highest BCUT2D eigenvalue weighted by atomic mass is 35.7. The summed E-state index contributed by atoms with van der Waals surface area (Å²) in [6.45, 7) is 3.60. The number of carbonyl (C=O) groups is 1. The maximum atomic E-state index is 11.4. The van der Waals surface area contributed by atoms with Gasteiger partial charge in [0.2, 0.25) is 0 Å². The first kappa shape index (κ1) is 15.1. The Bertz CT molecular complexity index is 434. The van der Waals surface area contributed by atoms with E-state index in [1.54, 1.807) is 32.0 Å². The van der Waals surface area contributed by atoms with Crippen LogP contribution < -0.4 is 4.52 Å². The molecule has 0 N–H and O–H groups in total. The summed E-state index contributed by atoms with van der Waals surface area (Å²) in [6.07, 6.45) is 0.596. The second kappa shape index (κ2) is 7.45. The molecule has 1 aromatic carbocycles. The normalized spacial score (nSPS) is 12.2. The number of rotatable bonds is 6. The molecule has 100 valence electrons. The molecule has 0 aliphatic rings. The third kappa shape index (κ3) is 5.56. The fraction of sp³-hybridized carbons (Fsp3) is 0.417. The van der Waals surface area contributed by atoms with Gasteiger partial charge in [-0.15, -0.1) is 0 Å². The number of para-hydroxylation sites is 1. The topological polar surface area (TPSA) is 52.6 Å².